The topological polar surface area (TPSA) is 9.23 Å². The molecule has 0 aliphatic carbocycles. The summed E-state index contributed by atoms with van der Waals surface area (Å²) < 4.78 is 5.29. The van der Waals surface area contributed by atoms with Gasteiger partial charge in [0.05, 0.1) is 0 Å². The second-order valence-electron chi connectivity index (χ2n) is 2.01. The summed E-state index contributed by atoms with van der Waals surface area (Å²) in [5.41, 5.74) is 1.09. The first-order valence-electron chi connectivity index (χ1n) is 3.33. The van der Waals surface area contributed by atoms with E-state index in [9.17, 15) is 0 Å². The molecule has 62 valence electrons. The zero-order valence-electron chi connectivity index (χ0n) is 6.45. The molecule has 0 radical (unpaired) electrons. The van der Waals surface area contributed by atoms with Crippen LogP contribution in [-0.2, 0) is 4.18 Å². The van der Waals surface area contributed by atoms with E-state index in [0.29, 0.717) is 0 Å². The first-order chi connectivity index (χ1) is 5.88. The van der Waals surface area contributed by atoms with E-state index in [-0.39, 0.29) is 0 Å². The highest BCUT2D eigenvalue weighted by Gasteiger charge is 2.09. The van der Waals surface area contributed by atoms with Gasteiger partial charge in [-0.3, -0.25) is 0 Å². The number of allylic oxidation sites excluding steroid dienone is 3. The van der Waals surface area contributed by atoms with E-state index in [1.165, 1.54) is 11.1 Å². The third-order valence-corrected chi connectivity index (χ3v) is 2.90. The van der Waals surface area contributed by atoms with Crippen molar-refractivity contribution in [3.8, 4) is 12.3 Å². The van der Waals surface area contributed by atoms with Crippen LogP contribution in [0.1, 0.15) is 0 Å². The van der Waals surface area contributed by atoms with Crippen molar-refractivity contribution in [2.24, 2.45) is 0 Å². The summed E-state index contributed by atoms with van der Waals surface area (Å²) in [7, 11) is 1.64. The smallest absolute Gasteiger partial charge is 0.143 e. The average Bonchev–Trinajstić information content (AvgIpc) is 2.15. The van der Waals surface area contributed by atoms with Crippen LogP contribution in [0.3, 0.4) is 0 Å². The summed E-state index contributed by atoms with van der Waals surface area (Å²) in [4.78, 5) is 0. The Kier molecular flexibility index (Phi) is 3.92. The lowest BCUT2D eigenvalue weighted by molar-refractivity contribution is 0.522. The summed E-state index contributed by atoms with van der Waals surface area (Å²) in [5.74, 6) is 4.14. The zero-order valence-corrected chi connectivity index (χ0v) is 8.08. The van der Waals surface area contributed by atoms with Crippen LogP contribution in [-0.4, -0.2) is 5.75 Å². The van der Waals surface area contributed by atoms with Crippen molar-refractivity contribution in [1.29, 1.82) is 0 Å². The number of hydrogen-bond acceptors (Lipinski definition) is 3. The fourth-order valence-electron chi connectivity index (χ4n) is 0.691. The molecule has 0 fully saturated rings. The highest BCUT2D eigenvalue weighted by atomic mass is 33.1. The molecule has 0 aromatic rings. The summed E-state index contributed by atoms with van der Waals surface area (Å²) in [6.45, 7) is 3.70. The van der Waals surface area contributed by atoms with Crippen molar-refractivity contribution in [3.63, 3.8) is 0 Å². The molecule has 0 saturated carbocycles. The van der Waals surface area contributed by atoms with Crippen molar-refractivity contribution >= 4 is 21.9 Å². The van der Waals surface area contributed by atoms with Crippen LogP contribution >= 0.6 is 21.9 Å². The Bertz CT molecular complexity index is 271. The molecule has 1 rings (SSSR count). The van der Waals surface area contributed by atoms with Crippen molar-refractivity contribution < 1.29 is 4.18 Å². The van der Waals surface area contributed by atoms with Crippen molar-refractivity contribution in [3.05, 3.63) is 36.1 Å². The largest absolute Gasteiger partial charge is 0.414 e. The van der Waals surface area contributed by atoms with Gasteiger partial charge in [-0.2, -0.15) is 0 Å². The van der Waals surface area contributed by atoms with Crippen LogP contribution in [0.25, 0.3) is 0 Å². The van der Waals surface area contributed by atoms with Gasteiger partial charge in [0, 0.05) is 11.3 Å². The molecule has 0 bridgehead atoms. The van der Waals surface area contributed by atoms with Gasteiger partial charge < -0.3 is 4.18 Å². The molecule has 1 aliphatic rings. The van der Waals surface area contributed by atoms with Gasteiger partial charge in [0.2, 0.25) is 0 Å². The quantitative estimate of drug-likeness (QED) is 0.382. The van der Waals surface area contributed by atoms with Crippen LogP contribution in [0.5, 0.6) is 0 Å². The van der Waals surface area contributed by atoms with Crippen LogP contribution in [0.4, 0.5) is 0 Å². The Hall–Kier alpha value is -0.720. The zero-order chi connectivity index (χ0) is 8.81. The van der Waals surface area contributed by atoms with Crippen molar-refractivity contribution in [2.75, 3.05) is 5.75 Å². The molecule has 3 heteroatoms. The molecule has 1 nitrogen and oxygen atoms in total. The van der Waals surface area contributed by atoms with Crippen LogP contribution < -0.4 is 0 Å². The second-order valence-corrected chi connectivity index (χ2v) is 3.95. The first-order valence-corrected chi connectivity index (χ1v) is 5.57. The normalized spacial score (nSPS) is 17.2. The van der Waals surface area contributed by atoms with Gasteiger partial charge in [-0.05, 0) is 22.9 Å². The molecule has 0 aromatic carbocycles. The van der Waals surface area contributed by atoms with Gasteiger partial charge in [-0.25, -0.2) is 0 Å². The predicted molar refractivity (Wildman–Crippen MR) is 56.3 cm³/mol. The molecular formula is C9H8OS2. The number of terminal acetylenes is 1. The van der Waals surface area contributed by atoms with Gasteiger partial charge in [0.25, 0.3) is 0 Å². The van der Waals surface area contributed by atoms with E-state index in [2.05, 4.69) is 12.5 Å². The minimum Gasteiger partial charge on any atom is -0.414 e. The predicted octanol–water partition coefficient (Wildman–Crippen LogP) is 2.94. The maximum atomic E-state index is 5.29. The van der Waals surface area contributed by atoms with Crippen molar-refractivity contribution in [1.82, 2.24) is 0 Å². The number of hydrogen-bond donors (Lipinski definition) is 0. The fraction of sp³-hybridized carbons (Fsp3) is 0.111. The Morgan fingerprint density at radius 3 is 3.17 bits per heavy atom. The van der Waals surface area contributed by atoms with E-state index in [1.807, 2.05) is 0 Å². The van der Waals surface area contributed by atoms with E-state index in [0.717, 1.165) is 17.1 Å². The standard InChI is InChI=1S/C9H8OS2/c1-3-5-6-9-8(4-2)7-11-12-10-9/h1,4-6H,2,7H2/b6-5-. The van der Waals surface area contributed by atoms with Gasteiger partial charge in [-0.1, -0.05) is 18.6 Å². The van der Waals surface area contributed by atoms with Crippen LogP contribution in [0.2, 0.25) is 0 Å². The molecule has 0 atom stereocenters. The van der Waals surface area contributed by atoms with E-state index in [1.54, 1.807) is 29.0 Å². The van der Waals surface area contributed by atoms with E-state index < -0.39 is 0 Å². The molecule has 1 heterocycles. The minimum absolute atomic E-state index is 0.812. The Balaban J connectivity index is 2.81. The molecule has 0 spiro atoms. The highest BCUT2D eigenvalue weighted by molar-refractivity contribution is 8.75. The highest BCUT2D eigenvalue weighted by Crippen LogP contribution is 2.35. The summed E-state index contributed by atoms with van der Waals surface area (Å²) in [5, 5.41) is 0. The monoisotopic (exact) mass is 196 g/mol. The van der Waals surface area contributed by atoms with Gasteiger partial charge >= 0.3 is 0 Å². The molecular weight excluding hydrogens is 188 g/mol. The molecule has 0 saturated heterocycles. The molecule has 0 amide bonds. The van der Waals surface area contributed by atoms with Crippen molar-refractivity contribution in [2.45, 2.75) is 0 Å². The maximum Gasteiger partial charge on any atom is 0.143 e. The first kappa shape index (κ1) is 9.37. The number of rotatable bonds is 2. The van der Waals surface area contributed by atoms with Gasteiger partial charge in [0.1, 0.15) is 16.8 Å². The maximum absolute atomic E-state index is 5.29. The Morgan fingerprint density at radius 1 is 1.67 bits per heavy atom. The summed E-state index contributed by atoms with van der Waals surface area (Å²) >= 11 is 1.36. The third-order valence-electron chi connectivity index (χ3n) is 1.28. The molecule has 12 heavy (non-hydrogen) atoms. The van der Waals surface area contributed by atoms with Gasteiger partial charge in [-0.15, -0.1) is 6.42 Å². The lowest BCUT2D eigenvalue weighted by Gasteiger charge is -2.13. The Morgan fingerprint density at radius 2 is 2.50 bits per heavy atom. The Labute approximate surface area is 80.6 Å². The molecule has 0 N–H and O–H groups in total. The van der Waals surface area contributed by atoms with Gasteiger partial charge in [0.15, 0.2) is 0 Å². The molecule has 1 aliphatic heterocycles. The second kappa shape index (κ2) is 5.02. The fourth-order valence-corrected chi connectivity index (χ4v) is 2.30. The molecule has 0 unspecified atom stereocenters. The van der Waals surface area contributed by atoms with E-state index >= 15 is 0 Å². The summed E-state index contributed by atoms with van der Waals surface area (Å²) in [6.07, 6.45) is 10.3. The van der Waals surface area contributed by atoms with Crippen LogP contribution in [0.15, 0.2) is 36.1 Å². The molecule has 0 aromatic heterocycles. The lowest BCUT2D eigenvalue weighted by Crippen LogP contribution is -1.95. The van der Waals surface area contributed by atoms with E-state index in [4.69, 9.17) is 10.6 Å². The minimum atomic E-state index is 0.812. The summed E-state index contributed by atoms with van der Waals surface area (Å²) in [6, 6.07) is 0. The lowest BCUT2D eigenvalue weighted by atomic mass is 10.2. The SMILES string of the molecule is C#C/C=C\C1=C(C=C)CSSO1. The van der Waals surface area contributed by atoms with Crippen LogP contribution in [0, 0.1) is 12.3 Å². The third kappa shape index (κ3) is 2.40. The average molecular weight is 196 g/mol.